The summed E-state index contributed by atoms with van der Waals surface area (Å²) in [5, 5.41) is 19.5. The van der Waals surface area contributed by atoms with E-state index < -0.39 is 11.0 Å². The summed E-state index contributed by atoms with van der Waals surface area (Å²) < 4.78 is 12.2. The van der Waals surface area contributed by atoms with Crippen molar-refractivity contribution in [2.45, 2.75) is 26.3 Å². The SMILES string of the molecule is CCC(c1nc(-c2cc(Cl)ccc2OC)no1)n1nc([N+](=O)[O-])cc1C. The molecule has 1 unspecified atom stereocenters. The molecule has 0 saturated heterocycles. The first-order valence-corrected chi connectivity index (χ1v) is 8.20. The number of hydrogen-bond acceptors (Lipinski definition) is 7. The van der Waals surface area contributed by atoms with Crippen molar-refractivity contribution in [3.63, 3.8) is 0 Å². The fourth-order valence-electron chi connectivity index (χ4n) is 2.66. The molecule has 0 aliphatic carbocycles. The summed E-state index contributed by atoms with van der Waals surface area (Å²) in [5.74, 6) is 0.945. The molecule has 0 N–H and O–H groups in total. The minimum Gasteiger partial charge on any atom is -0.496 e. The van der Waals surface area contributed by atoms with Crippen LogP contribution in [0, 0.1) is 17.0 Å². The first-order chi connectivity index (χ1) is 12.4. The van der Waals surface area contributed by atoms with E-state index in [1.807, 2.05) is 6.92 Å². The Kier molecular flexibility index (Phi) is 4.90. The Labute approximate surface area is 153 Å². The van der Waals surface area contributed by atoms with Crippen LogP contribution in [0.25, 0.3) is 11.4 Å². The third-order valence-corrected chi connectivity index (χ3v) is 4.14. The average molecular weight is 378 g/mol. The van der Waals surface area contributed by atoms with E-state index in [-0.39, 0.29) is 5.82 Å². The highest BCUT2D eigenvalue weighted by Gasteiger charge is 2.28. The van der Waals surface area contributed by atoms with Crippen molar-refractivity contribution in [1.29, 1.82) is 0 Å². The lowest BCUT2D eigenvalue weighted by Gasteiger charge is -2.08. The number of hydrogen-bond donors (Lipinski definition) is 0. The molecule has 0 aliphatic rings. The third kappa shape index (κ3) is 3.25. The van der Waals surface area contributed by atoms with Gasteiger partial charge in [0.2, 0.25) is 5.82 Å². The molecule has 3 rings (SSSR count). The fraction of sp³-hybridized carbons (Fsp3) is 0.312. The predicted molar refractivity (Wildman–Crippen MR) is 93.3 cm³/mol. The molecule has 26 heavy (non-hydrogen) atoms. The summed E-state index contributed by atoms with van der Waals surface area (Å²) in [7, 11) is 1.54. The second-order valence-electron chi connectivity index (χ2n) is 5.57. The van der Waals surface area contributed by atoms with E-state index >= 15 is 0 Å². The van der Waals surface area contributed by atoms with Crippen LogP contribution < -0.4 is 4.74 Å². The normalized spacial score (nSPS) is 12.2. The lowest BCUT2D eigenvalue weighted by Crippen LogP contribution is -2.13. The molecule has 0 amide bonds. The quantitative estimate of drug-likeness (QED) is 0.474. The summed E-state index contributed by atoms with van der Waals surface area (Å²) >= 11 is 6.05. The molecule has 0 radical (unpaired) electrons. The second-order valence-corrected chi connectivity index (χ2v) is 6.01. The number of ether oxygens (including phenoxy) is 1. The van der Waals surface area contributed by atoms with E-state index in [0.29, 0.717) is 40.2 Å². The van der Waals surface area contributed by atoms with Crippen molar-refractivity contribution in [1.82, 2.24) is 19.9 Å². The van der Waals surface area contributed by atoms with E-state index in [1.165, 1.54) is 17.9 Å². The molecule has 3 aromatic rings. The van der Waals surface area contributed by atoms with Crippen molar-refractivity contribution < 1.29 is 14.2 Å². The monoisotopic (exact) mass is 377 g/mol. The summed E-state index contributed by atoms with van der Waals surface area (Å²) in [5.41, 5.74) is 1.22. The number of rotatable bonds is 6. The van der Waals surface area contributed by atoms with E-state index in [1.54, 1.807) is 25.1 Å². The minimum absolute atomic E-state index is 0.225. The number of halogens is 1. The van der Waals surface area contributed by atoms with Gasteiger partial charge in [-0.05, 0) is 36.5 Å². The molecule has 0 spiro atoms. The van der Waals surface area contributed by atoms with Crippen molar-refractivity contribution >= 4 is 17.4 Å². The van der Waals surface area contributed by atoms with Crippen LogP contribution in [0.3, 0.4) is 0 Å². The molecule has 0 aliphatic heterocycles. The summed E-state index contributed by atoms with van der Waals surface area (Å²) in [6, 6.07) is 6.08. The van der Waals surface area contributed by atoms with Crippen LogP contribution in [0.15, 0.2) is 28.8 Å². The first kappa shape index (κ1) is 17.9. The molecular formula is C16H16ClN5O4. The third-order valence-electron chi connectivity index (χ3n) is 3.91. The smallest absolute Gasteiger partial charge is 0.390 e. The van der Waals surface area contributed by atoms with Crippen molar-refractivity contribution in [2.75, 3.05) is 7.11 Å². The Balaban J connectivity index is 2.00. The van der Waals surface area contributed by atoms with Crippen LogP contribution in [-0.4, -0.2) is 32.0 Å². The number of nitrogens with zero attached hydrogens (tertiary/aromatic N) is 5. The largest absolute Gasteiger partial charge is 0.496 e. The van der Waals surface area contributed by atoms with Crippen LogP contribution in [0.1, 0.15) is 31.0 Å². The number of aryl methyl sites for hydroxylation is 1. The van der Waals surface area contributed by atoms with Gasteiger partial charge in [-0.2, -0.15) is 9.67 Å². The molecule has 1 aromatic carbocycles. The maximum atomic E-state index is 11.0. The summed E-state index contributed by atoms with van der Waals surface area (Å²) in [6.07, 6.45) is 0.563. The van der Waals surface area contributed by atoms with E-state index in [9.17, 15) is 10.1 Å². The standard InChI is InChI=1S/C16H16ClN5O4/c1-4-12(21-9(2)7-14(19-21)22(23)24)16-18-15(20-26-16)11-8-10(17)5-6-13(11)25-3/h5-8,12H,4H2,1-3H3. The van der Waals surface area contributed by atoms with Crippen LogP contribution in [0.5, 0.6) is 5.75 Å². The highest BCUT2D eigenvalue weighted by atomic mass is 35.5. The lowest BCUT2D eigenvalue weighted by atomic mass is 10.2. The lowest BCUT2D eigenvalue weighted by molar-refractivity contribution is -0.389. The number of aromatic nitrogens is 4. The Hall–Kier alpha value is -2.94. The molecule has 2 aromatic heterocycles. The molecule has 0 fully saturated rings. The van der Waals surface area contributed by atoms with Gasteiger partial charge in [-0.25, -0.2) is 0 Å². The Morgan fingerprint density at radius 1 is 1.42 bits per heavy atom. The zero-order valence-electron chi connectivity index (χ0n) is 14.3. The average Bonchev–Trinajstić information content (AvgIpc) is 3.24. The summed E-state index contributed by atoms with van der Waals surface area (Å²) in [4.78, 5) is 14.8. The first-order valence-electron chi connectivity index (χ1n) is 7.82. The molecule has 1 atom stereocenters. The topological polar surface area (TPSA) is 109 Å². The van der Waals surface area contributed by atoms with Gasteiger partial charge in [0.25, 0.3) is 5.89 Å². The van der Waals surface area contributed by atoms with Crippen LogP contribution in [0.4, 0.5) is 5.82 Å². The van der Waals surface area contributed by atoms with Gasteiger partial charge >= 0.3 is 5.82 Å². The molecule has 9 nitrogen and oxygen atoms in total. The van der Waals surface area contributed by atoms with Gasteiger partial charge in [-0.1, -0.05) is 23.7 Å². The zero-order chi connectivity index (χ0) is 18.8. The molecule has 136 valence electrons. The molecule has 0 bridgehead atoms. The predicted octanol–water partition coefficient (Wildman–Crippen LogP) is 3.81. The van der Waals surface area contributed by atoms with Gasteiger partial charge in [-0.15, -0.1) is 0 Å². The van der Waals surface area contributed by atoms with Crippen molar-refractivity contribution in [3.8, 4) is 17.1 Å². The Bertz CT molecular complexity index is 952. The van der Waals surface area contributed by atoms with Crippen LogP contribution in [-0.2, 0) is 0 Å². The minimum atomic E-state index is -0.535. The maximum Gasteiger partial charge on any atom is 0.390 e. The number of methoxy groups -OCH3 is 1. The maximum absolute atomic E-state index is 11.0. The van der Waals surface area contributed by atoms with Crippen LogP contribution >= 0.6 is 11.6 Å². The van der Waals surface area contributed by atoms with E-state index in [2.05, 4.69) is 15.2 Å². The fourth-order valence-corrected chi connectivity index (χ4v) is 2.83. The van der Waals surface area contributed by atoms with Crippen molar-refractivity contribution in [3.05, 3.63) is 51.0 Å². The van der Waals surface area contributed by atoms with Gasteiger partial charge < -0.3 is 19.4 Å². The van der Waals surface area contributed by atoms with Gasteiger partial charge in [0.15, 0.2) is 6.04 Å². The highest BCUT2D eigenvalue weighted by molar-refractivity contribution is 6.30. The highest BCUT2D eigenvalue weighted by Crippen LogP contribution is 2.32. The van der Waals surface area contributed by atoms with Crippen molar-refractivity contribution in [2.24, 2.45) is 0 Å². The zero-order valence-corrected chi connectivity index (χ0v) is 15.1. The Morgan fingerprint density at radius 2 is 2.19 bits per heavy atom. The van der Waals surface area contributed by atoms with Crippen LogP contribution in [0.2, 0.25) is 5.02 Å². The number of benzene rings is 1. The van der Waals surface area contributed by atoms with Gasteiger partial charge in [-0.3, -0.25) is 0 Å². The molecular weight excluding hydrogens is 362 g/mol. The Morgan fingerprint density at radius 3 is 2.81 bits per heavy atom. The second kappa shape index (κ2) is 7.12. The summed E-state index contributed by atoms with van der Waals surface area (Å²) in [6.45, 7) is 3.64. The molecule has 2 heterocycles. The van der Waals surface area contributed by atoms with E-state index in [4.69, 9.17) is 20.9 Å². The molecule has 10 heteroatoms. The van der Waals surface area contributed by atoms with Gasteiger partial charge in [0, 0.05) is 5.02 Å². The number of nitro groups is 1. The molecule has 0 saturated carbocycles. The van der Waals surface area contributed by atoms with E-state index in [0.717, 1.165) is 0 Å². The van der Waals surface area contributed by atoms with Gasteiger partial charge in [0.1, 0.15) is 5.75 Å². The van der Waals surface area contributed by atoms with Gasteiger partial charge in [0.05, 0.1) is 29.5 Å².